The van der Waals surface area contributed by atoms with Gasteiger partial charge in [-0.1, -0.05) is 24.3 Å². The number of aromatic nitrogens is 4. The van der Waals surface area contributed by atoms with Gasteiger partial charge in [0.1, 0.15) is 0 Å². The zero-order chi connectivity index (χ0) is 23.7. The van der Waals surface area contributed by atoms with Gasteiger partial charge in [0.05, 0.1) is 18.2 Å². The lowest BCUT2D eigenvalue weighted by Crippen LogP contribution is -2.50. The fourth-order valence-corrected chi connectivity index (χ4v) is 4.67. The maximum Gasteiger partial charge on any atom is 0.228 e. The number of hydrogen-bond acceptors (Lipinski definition) is 6. The van der Waals surface area contributed by atoms with Crippen molar-refractivity contribution in [1.29, 1.82) is 0 Å². The first-order chi connectivity index (χ1) is 16.5. The Hall–Kier alpha value is -3.59. The third kappa shape index (κ3) is 4.43. The lowest BCUT2D eigenvalue weighted by Gasteiger charge is -2.35. The summed E-state index contributed by atoms with van der Waals surface area (Å²) in [7, 11) is 0. The number of amides is 2. The van der Waals surface area contributed by atoms with E-state index in [4.69, 9.17) is 0 Å². The van der Waals surface area contributed by atoms with Gasteiger partial charge in [-0.3, -0.25) is 14.5 Å². The molecule has 2 aliphatic rings. The van der Waals surface area contributed by atoms with Crippen LogP contribution < -0.4 is 4.90 Å². The van der Waals surface area contributed by atoms with E-state index in [0.717, 1.165) is 35.9 Å². The Morgan fingerprint density at radius 1 is 0.971 bits per heavy atom. The van der Waals surface area contributed by atoms with Crippen LogP contribution in [0.5, 0.6) is 0 Å². The van der Waals surface area contributed by atoms with E-state index in [0.29, 0.717) is 26.2 Å². The average molecular weight is 460 g/mol. The van der Waals surface area contributed by atoms with Crippen molar-refractivity contribution < 1.29 is 9.59 Å². The molecule has 2 fully saturated rings. The minimum absolute atomic E-state index is 0.0213. The van der Waals surface area contributed by atoms with Crippen molar-refractivity contribution in [3.63, 3.8) is 0 Å². The molecule has 9 heteroatoms. The Bertz CT molecular complexity index is 1180. The van der Waals surface area contributed by atoms with Gasteiger partial charge in [0, 0.05) is 44.8 Å². The van der Waals surface area contributed by atoms with Crippen molar-refractivity contribution in [2.75, 3.05) is 37.6 Å². The fourth-order valence-electron chi connectivity index (χ4n) is 4.67. The molecule has 9 nitrogen and oxygen atoms in total. The van der Waals surface area contributed by atoms with Crippen molar-refractivity contribution in [2.24, 2.45) is 5.92 Å². The molecule has 0 radical (unpaired) electrons. The zero-order valence-corrected chi connectivity index (χ0v) is 19.6. The van der Waals surface area contributed by atoms with E-state index in [9.17, 15) is 9.59 Å². The molecular weight excluding hydrogens is 430 g/mol. The van der Waals surface area contributed by atoms with Crippen LogP contribution in [0.4, 0.5) is 5.69 Å². The molecule has 176 valence electrons. The second kappa shape index (κ2) is 9.34. The average Bonchev–Trinajstić information content (AvgIpc) is 3.48. The molecule has 2 amide bonds. The predicted octanol–water partition coefficient (Wildman–Crippen LogP) is 1.98. The summed E-state index contributed by atoms with van der Waals surface area (Å²) in [6, 6.07) is 15.8. The predicted molar refractivity (Wildman–Crippen MR) is 127 cm³/mol. The maximum atomic E-state index is 13.2. The number of tetrazole rings is 1. The first-order valence-electron chi connectivity index (χ1n) is 11.7. The van der Waals surface area contributed by atoms with Gasteiger partial charge in [0.2, 0.25) is 11.8 Å². The molecule has 0 aliphatic carbocycles. The number of rotatable bonds is 5. The number of carbonyl (C=O) groups excluding carboxylic acids is 2. The minimum atomic E-state index is -0.286. The van der Waals surface area contributed by atoms with E-state index in [1.807, 2.05) is 60.4 Å². The normalized spacial score (nSPS) is 19.1. The highest BCUT2D eigenvalue weighted by Crippen LogP contribution is 2.28. The molecule has 3 heterocycles. The number of piperazine rings is 1. The number of nitrogens with zero attached hydrogens (tertiary/aromatic N) is 7. The summed E-state index contributed by atoms with van der Waals surface area (Å²) in [6.45, 7) is 7.93. The highest BCUT2D eigenvalue weighted by Gasteiger charge is 2.38. The molecular formula is C25H29N7O2. The standard InChI is InChI=1S/C25H29N7O2/c1-18-8-9-22(14-19(18)2)31-16-20(15-24(31)33)25(34)30-12-10-29(11-13-30)17-23-26-27-28-32(23)21-6-4-3-5-7-21/h3-9,14,20H,10-13,15-17H2,1-2H3. The Kier molecular flexibility index (Phi) is 6.10. The molecule has 1 unspecified atom stereocenters. The number of benzene rings is 2. The van der Waals surface area contributed by atoms with Crippen LogP contribution in [-0.4, -0.2) is 74.5 Å². The van der Waals surface area contributed by atoms with E-state index in [-0.39, 0.29) is 24.2 Å². The summed E-state index contributed by atoms with van der Waals surface area (Å²) in [5.74, 6) is 0.587. The molecule has 0 spiro atoms. The first-order valence-corrected chi connectivity index (χ1v) is 11.7. The lowest BCUT2D eigenvalue weighted by atomic mass is 10.1. The number of para-hydroxylation sites is 1. The van der Waals surface area contributed by atoms with Crippen LogP contribution in [0.3, 0.4) is 0 Å². The van der Waals surface area contributed by atoms with E-state index in [2.05, 4.69) is 27.3 Å². The van der Waals surface area contributed by atoms with E-state index < -0.39 is 0 Å². The highest BCUT2D eigenvalue weighted by atomic mass is 16.2. The quantitative estimate of drug-likeness (QED) is 0.580. The smallest absolute Gasteiger partial charge is 0.228 e. The Morgan fingerprint density at radius 2 is 1.74 bits per heavy atom. The van der Waals surface area contributed by atoms with Crippen molar-refractivity contribution in [2.45, 2.75) is 26.8 Å². The molecule has 1 atom stereocenters. The summed E-state index contributed by atoms with van der Waals surface area (Å²) in [5, 5.41) is 12.2. The van der Waals surface area contributed by atoms with Crippen molar-refractivity contribution in [3.05, 3.63) is 65.5 Å². The Labute approximate surface area is 198 Å². The third-order valence-electron chi connectivity index (χ3n) is 6.86. The van der Waals surface area contributed by atoms with Gasteiger partial charge in [0.25, 0.3) is 0 Å². The van der Waals surface area contributed by atoms with Gasteiger partial charge in [-0.25, -0.2) is 0 Å². The number of hydrogen-bond donors (Lipinski definition) is 0. The first kappa shape index (κ1) is 22.2. The highest BCUT2D eigenvalue weighted by molar-refractivity contribution is 6.00. The van der Waals surface area contributed by atoms with Crippen molar-refractivity contribution >= 4 is 17.5 Å². The van der Waals surface area contributed by atoms with E-state index >= 15 is 0 Å². The molecule has 1 aromatic heterocycles. The molecule has 0 bridgehead atoms. The second-order valence-corrected chi connectivity index (χ2v) is 9.12. The summed E-state index contributed by atoms with van der Waals surface area (Å²) in [6.07, 6.45) is 0.276. The molecule has 2 aliphatic heterocycles. The van der Waals surface area contributed by atoms with E-state index in [1.54, 1.807) is 9.58 Å². The Balaban J connectivity index is 1.17. The molecule has 5 rings (SSSR count). The molecule has 3 aromatic rings. The van der Waals surface area contributed by atoms with Crippen molar-refractivity contribution in [3.8, 4) is 5.69 Å². The second-order valence-electron chi connectivity index (χ2n) is 9.12. The summed E-state index contributed by atoms with van der Waals surface area (Å²) >= 11 is 0. The van der Waals surface area contributed by atoms with Gasteiger partial charge < -0.3 is 9.80 Å². The minimum Gasteiger partial charge on any atom is -0.340 e. The maximum absolute atomic E-state index is 13.2. The van der Waals surface area contributed by atoms with Gasteiger partial charge in [-0.15, -0.1) is 5.10 Å². The zero-order valence-electron chi connectivity index (χ0n) is 19.6. The summed E-state index contributed by atoms with van der Waals surface area (Å²) < 4.78 is 1.75. The van der Waals surface area contributed by atoms with Crippen LogP contribution in [0, 0.1) is 19.8 Å². The number of carbonyl (C=O) groups is 2. The monoisotopic (exact) mass is 459 g/mol. The lowest BCUT2D eigenvalue weighted by molar-refractivity contribution is -0.137. The number of anilines is 1. The molecule has 2 saturated heterocycles. The molecule has 34 heavy (non-hydrogen) atoms. The van der Waals surface area contributed by atoms with Crippen molar-refractivity contribution in [1.82, 2.24) is 30.0 Å². The number of aryl methyl sites for hydroxylation is 2. The SMILES string of the molecule is Cc1ccc(N2CC(C(=O)N3CCN(Cc4nnnn4-c4ccccc4)CC3)CC2=O)cc1C. The third-order valence-corrected chi connectivity index (χ3v) is 6.86. The van der Waals surface area contributed by atoms with Crippen LogP contribution in [0.2, 0.25) is 0 Å². The largest absolute Gasteiger partial charge is 0.340 e. The van der Waals surface area contributed by atoms with E-state index in [1.165, 1.54) is 5.56 Å². The van der Waals surface area contributed by atoms with Crippen LogP contribution in [0.1, 0.15) is 23.4 Å². The van der Waals surface area contributed by atoms with Gasteiger partial charge in [-0.2, -0.15) is 4.68 Å². The summed E-state index contributed by atoms with van der Waals surface area (Å²) in [5.41, 5.74) is 4.15. The summed E-state index contributed by atoms with van der Waals surface area (Å²) in [4.78, 5) is 31.8. The van der Waals surface area contributed by atoms with Crippen LogP contribution >= 0.6 is 0 Å². The fraction of sp³-hybridized carbons (Fsp3) is 0.400. The van der Waals surface area contributed by atoms with Crippen LogP contribution in [0.25, 0.3) is 5.69 Å². The Morgan fingerprint density at radius 3 is 2.47 bits per heavy atom. The molecule has 2 aromatic carbocycles. The van der Waals surface area contributed by atoms with Gasteiger partial charge in [-0.05, 0) is 59.7 Å². The molecule has 0 saturated carbocycles. The van der Waals surface area contributed by atoms with Crippen LogP contribution in [0.15, 0.2) is 48.5 Å². The van der Waals surface area contributed by atoms with Crippen LogP contribution in [-0.2, 0) is 16.1 Å². The van der Waals surface area contributed by atoms with Gasteiger partial charge >= 0.3 is 0 Å². The van der Waals surface area contributed by atoms with Gasteiger partial charge in [0.15, 0.2) is 5.82 Å². The topological polar surface area (TPSA) is 87.5 Å². The molecule has 0 N–H and O–H groups in total.